The predicted molar refractivity (Wildman–Crippen MR) is 86.0 cm³/mol. The summed E-state index contributed by atoms with van der Waals surface area (Å²) in [7, 11) is 0. The molecule has 118 valence electrons. The molecular formula is C16H26N2O2S. The molecule has 1 unspecified atom stereocenters. The van der Waals surface area contributed by atoms with E-state index in [1.807, 2.05) is 11.8 Å². The molecule has 0 aromatic rings. The van der Waals surface area contributed by atoms with Crippen LogP contribution in [0.3, 0.4) is 0 Å². The minimum atomic E-state index is 0.0711. The van der Waals surface area contributed by atoms with Gasteiger partial charge in [0.05, 0.1) is 24.2 Å². The summed E-state index contributed by atoms with van der Waals surface area (Å²) in [5.41, 5.74) is 0.274. The lowest BCUT2D eigenvalue weighted by Crippen LogP contribution is -2.45. The number of carbonyl (C=O) groups excluding carboxylic acids is 1. The molecule has 0 N–H and O–H groups in total. The second-order valence-corrected chi connectivity index (χ2v) is 8.09. The number of piperidine rings is 1. The molecule has 3 rings (SSSR count). The van der Waals surface area contributed by atoms with Crippen LogP contribution >= 0.6 is 11.8 Å². The summed E-state index contributed by atoms with van der Waals surface area (Å²) in [5, 5.41) is 1.29. The van der Waals surface area contributed by atoms with Gasteiger partial charge >= 0.3 is 0 Å². The zero-order chi connectivity index (χ0) is 14.9. The van der Waals surface area contributed by atoms with Gasteiger partial charge in [0.15, 0.2) is 0 Å². The average molecular weight is 310 g/mol. The van der Waals surface area contributed by atoms with Crippen molar-refractivity contribution in [1.29, 1.82) is 0 Å². The first-order chi connectivity index (χ1) is 10.1. The second-order valence-electron chi connectivity index (χ2n) is 7.05. The standard InChI is InChI=1S/C16H26N2O2S/c1-16(2)4-3-5-18(12-16)15(19)13-10-14(21-11-13)17-6-8-20-9-7-17/h10,13H,3-9,11-12H2,1-2H3. The number of nitrogens with zero attached hydrogens (tertiary/aromatic N) is 2. The van der Waals surface area contributed by atoms with E-state index in [1.54, 1.807) is 0 Å². The Morgan fingerprint density at radius 2 is 2.10 bits per heavy atom. The van der Waals surface area contributed by atoms with Crippen molar-refractivity contribution in [3.8, 4) is 0 Å². The highest BCUT2D eigenvalue weighted by Gasteiger charge is 2.34. The van der Waals surface area contributed by atoms with Crippen molar-refractivity contribution >= 4 is 17.7 Å². The third kappa shape index (κ3) is 3.57. The Hall–Kier alpha value is -0.680. The molecule has 4 nitrogen and oxygen atoms in total. The predicted octanol–water partition coefficient (Wildman–Crippen LogP) is 2.17. The van der Waals surface area contributed by atoms with Crippen LogP contribution in [0, 0.1) is 11.3 Å². The van der Waals surface area contributed by atoms with Crippen LogP contribution in [0.2, 0.25) is 0 Å². The van der Waals surface area contributed by atoms with Crippen LogP contribution in [0.1, 0.15) is 26.7 Å². The molecule has 2 fully saturated rings. The van der Waals surface area contributed by atoms with Crippen LogP contribution in [0.5, 0.6) is 0 Å². The lowest BCUT2D eigenvalue weighted by Gasteiger charge is -2.38. The number of rotatable bonds is 2. The molecule has 1 amide bonds. The van der Waals surface area contributed by atoms with Gasteiger partial charge in [0, 0.05) is 31.9 Å². The van der Waals surface area contributed by atoms with Crippen LogP contribution in [0.4, 0.5) is 0 Å². The summed E-state index contributed by atoms with van der Waals surface area (Å²) in [6, 6.07) is 0. The molecule has 3 heterocycles. The summed E-state index contributed by atoms with van der Waals surface area (Å²) in [6.45, 7) is 9.90. The molecule has 2 saturated heterocycles. The Labute approximate surface area is 131 Å². The van der Waals surface area contributed by atoms with Gasteiger partial charge in [-0.1, -0.05) is 13.8 Å². The molecule has 0 bridgehead atoms. The van der Waals surface area contributed by atoms with Crippen molar-refractivity contribution in [3.63, 3.8) is 0 Å². The lowest BCUT2D eigenvalue weighted by molar-refractivity contribution is -0.136. The maximum Gasteiger partial charge on any atom is 0.230 e. The third-order valence-corrected chi connectivity index (χ3v) is 5.82. The maximum atomic E-state index is 12.7. The van der Waals surface area contributed by atoms with E-state index in [4.69, 9.17) is 4.74 Å². The molecule has 3 aliphatic rings. The minimum Gasteiger partial charge on any atom is -0.378 e. The monoisotopic (exact) mass is 310 g/mol. The van der Waals surface area contributed by atoms with E-state index in [-0.39, 0.29) is 11.3 Å². The van der Waals surface area contributed by atoms with Crippen LogP contribution in [0.25, 0.3) is 0 Å². The van der Waals surface area contributed by atoms with E-state index >= 15 is 0 Å². The first-order valence-electron chi connectivity index (χ1n) is 8.01. The molecule has 0 radical (unpaired) electrons. The Morgan fingerprint density at radius 3 is 2.81 bits per heavy atom. The summed E-state index contributed by atoms with van der Waals surface area (Å²) in [5.74, 6) is 1.31. The normalized spacial score (nSPS) is 29.4. The van der Waals surface area contributed by atoms with Gasteiger partial charge in [0.25, 0.3) is 0 Å². The number of hydrogen-bond donors (Lipinski definition) is 0. The van der Waals surface area contributed by atoms with Gasteiger partial charge in [-0.15, -0.1) is 11.8 Å². The van der Waals surface area contributed by atoms with Crippen molar-refractivity contribution in [3.05, 3.63) is 11.1 Å². The smallest absolute Gasteiger partial charge is 0.230 e. The first-order valence-corrected chi connectivity index (χ1v) is 9.00. The quantitative estimate of drug-likeness (QED) is 0.782. The number of amides is 1. The average Bonchev–Trinajstić information content (AvgIpc) is 2.96. The Morgan fingerprint density at radius 1 is 1.33 bits per heavy atom. The zero-order valence-corrected chi connectivity index (χ0v) is 14.0. The molecule has 0 spiro atoms. The van der Waals surface area contributed by atoms with Gasteiger partial charge in [-0.05, 0) is 24.3 Å². The van der Waals surface area contributed by atoms with E-state index in [1.165, 1.54) is 11.4 Å². The number of carbonyl (C=O) groups is 1. The molecule has 3 aliphatic heterocycles. The largest absolute Gasteiger partial charge is 0.378 e. The van der Waals surface area contributed by atoms with Crippen LogP contribution < -0.4 is 0 Å². The summed E-state index contributed by atoms with van der Waals surface area (Å²) >= 11 is 1.83. The summed E-state index contributed by atoms with van der Waals surface area (Å²) in [4.78, 5) is 17.2. The molecule has 21 heavy (non-hydrogen) atoms. The Bertz CT molecular complexity index is 430. The van der Waals surface area contributed by atoms with E-state index in [2.05, 4.69) is 29.7 Å². The van der Waals surface area contributed by atoms with E-state index in [0.717, 1.165) is 51.6 Å². The molecule has 1 atom stereocenters. The fourth-order valence-electron chi connectivity index (χ4n) is 3.41. The number of thioether (sulfide) groups is 1. The maximum absolute atomic E-state index is 12.7. The summed E-state index contributed by atoms with van der Waals surface area (Å²) in [6.07, 6.45) is 4.56. The molecule has 0 saturated carbocycles. The Balaban J connectivity index is 1.61. The van der Waals surface area contributed by atoms with E-state index < -0.39 is 0 Å². The highest BCUT2D eigenvalue weighted by molar-refractivity contribution is 8.03. The first kappa shape index (κ1) is 15.2. The van der Waals surface area contributed by atoms with Crippen LogP contribution in [-0.4, -0.2) is 60.9 Å². The highest BCUT2D eigenvalue weighted by atomic mass is 32.2. The van der Waals surface area contributed by atoms with Crippen molar-refractivity contribution in [2.24, 2.45) is 11.3 Å². The number of ether oxygens (including phenoxy) is 1. The van der Waals surface area contributed by atoms with Crippen molar-refractivity contribution in [2.75, 3.05) is 45.1 Å². The van der Waals surface area contributed by atoms with Crippen molar-refractivity contribution in [2.45, 2.75) is 26.7 Å². The van der Waals surface area contributed by atoms with Gasteiger partial charge in [-0.3, -0.25) is 4.79 Å². The van der Waals surface area contributed by atoms with Gasteiger partial charge in [-0.2, -0.15) is 0 Å². The zero-order valence-electron chi connectivity index (χ0n) is 13.1. The van der Waals surface area contributed by atoms with E-state index in [9.17, 15) is 4.79 Å². The highest BCUT2D eigenvalue weighted by Crippen LogP contribution is 2.35. The molecule has 0 aromatic heterocycles. The van der Waals surface area contributed by atoms with Gasteiger partial charge in [-0.25, -0.2) is 0 Å². The van der Waals surface area contributed by atoms with Crippen LogP contribution in [-0.2, 0) is 9.53 Å². The topological polar surface area (TPSA) is 32.8 Å². The second kappa shape index (κ2) is 6.21. The van der Waals surface area contributed by atoms with Gasteiger partial charge in [0.1, 0.15) is 0 Å². The molecule has 0 aromatic carbocycles. The molecule has 5 heteroatoms. The lowest BCUT2D eigenvalue weighted by atomic mass is 9.84. The molecular weight excluding hydrogens is 284 g/mol. The van der Waals surface area contributed by atoms with Gasteiger partial charge in [0.2, 0.25) is 5.91 Å². The molecule has 0 aliphatic carbocycles. The number of likely N-dealkylation sites (tertiary alicyclic amines) is 1. The SMILES string of the molecule is CC1(C)CCCN(C(=O)C2C=C(N3CCOCC3)SC2)C1. The fourth-order valence-corrected chi connectivity index (χ4v) is 4.63. The fraction of sp³-hybridized carbons (Fsp3) is 0.812. The van der Waals surface area contributed by atoms with Crippen molar-refractivity contribution < 1.29 is 9.53 Å². The van der Waals surface area contributed by atoms with Crippen LogP contribution in [0.15, 0.2) is 11.1 Å². The summed E-state index contributed by atoms with van der Waals surface area (Å²) < 4.78 is 5.40. The number of hydrogen-bond acceptors (Lipinski definition) is 4. The Kier molecular flexibility index (Phi) is 4.50. The van der Waals surface area contributed by atoms with Gasteiger partial charge < -0.3 is 14.5 Å². The van der Waals surface area contributed by atoms with Crippen molar-refractivity contribution in [1.82, 2.24) is 9.80 Å². The third-order valence-electron chi connectivity index (χ3n) is 4.61. The minimum absolute atomic E-state index is 0.0711. The number of morpholine rings is 1. The van der Waals surface area contributed by atoms with E-state index in [0.29, 0.717) is 5.91 Å².